The summed E-state index contributed by atoms with van der Waals surface area (Å²) in [6, 6.07) is 10.7. The Balaban J connectivity index is 1.36. The van der Waals surface area contributed by atoms with Crippen molar-refractivity contribution >= 4 is 38.9 Å². The van der Waals surface area contributed by atoms with E-state index >= 15 is 0 Å². The predicted molar refractivity (Wildman–Crippen MR) is 119 cm³/mol. The summed E-state index contributed by atoms with van der Waals surface area (Å²) in [5, 5.41) is 10.3. The number of carbonyl (C=O) groups excluding carboxylic acids is 2. The first-order valence-corrected chi connectivity index (χ1v) is 10.6. The van der Waals surface area contributed by atoms with Gasteiger partial charge in [-0.3, -0.25) is 9.59 Å². The van der Waals surface area contributed by atoms with E-state index < -0.39 is 0 Å². The quantitative estimate of drug-likeness (QED) is 0.499. The molecule has 0 spiro atoms. The van der Waals surface area contributed by atoms with Crippen molar-refractivity contribution in [3.63, 3.8) is 0 Å². The standard InChI is InChI=1S/C22H24BrN5O2/c1-22(2)13(12-25-20(29)15-6-5-14(23)11-17(15)24)10-19(22)27-21(30)16-4-3-9-28-18(16)7-8-26-28/h3-9,11,13,19H,10,12,24H2,1-2H3,(H,25,29)(H,27,30). The van der Waals surface area contributed by atoms with E-state index in [1.165, 1.54) is 0 Å². The SMILES string of the molecule is CC1(C)C(CNC(=O)c2ccc(Br)cc2N)CC1NC(=O)c1cccn2nccc12. The molecule has 0 aliphatic heterocycles. The van der Waals surface area contributed by atoms with Crippen LogP contribution in [0.25, 0.3) is 5.52 Å². The minimum atomic E-state index is -0.185. The summed E-state index contributed by atoms with van der Waals surface area (Å²) in [5.74, 6) is -0.0332. The van der Waals surface area contributed by atoms with E-state index in [1.807, 2.05) is 18.3 Å². The van der Waals surface area contributed by atoms with Crippen LogP contribution in [0.5, 0.6) is 0 Å². The summed E-state index contributed by atoms with van der Waals surface area (Å²) in [5.41, 5.74) is 8.10. The zero-order valence-corrected chi connectivity index (χ0v) is 18.4. The molecule has 0 radical (unpaired) electrons. The molecule has 4 rings (SSSR count). The van der Waals surface area contributed by atoms with Crippen molar-refractivity contribution in [2.24, 2.45) is 11.3 Å². The third kappa shape index (κ3) is 3.67. The number of rotatable bonds is 5. The summed E-state index contributed by atoms with van der Waals surface area (Å²) in [4.78, 5) is 25.3. The molecule has 2 unspecified atom stereocenters. The number of fused-ring (bicyclic) bond motifs is 1. The van der Waals surface area contributed by atoms with Gasteiger partial charge in [-0.05, 0) is 54.2 Å². The molecule has 1 aliphatic rings. The molecule has 1 fully saturated rings. The van der Waals surface area contributed by atoms with Crippen LogP contribution in [-0.2, 0) is 0 Å². The van der Waals surface area contributed by atoms with Gasteiger partial charge >= 0.3 is 0 Å². The van der Waals surface area contributed by atoms with Crippen LogP contribution in [0, 0.1) is 11.3 Å². The van der Waals surface area contributed by atoms with Gasteiger partial charge in [0.15, 0.2) is 0 Å². The third-order valence-corrected chi connectivity index (χ3v) is 6.72. The second kappa shape index (κ2) is 7.75. The van der Waals surface area contributed by atoms with Crippen molar-refractivity contribution in [3.8, 4) is 0 Å². The zero-order valence-electron chi connectivity index (χ0n) is 16.9. The highest BCUT2D eigenvalue weighted by atomic mass is 79.9. The molecule has 8 heteroatoms. The summed E-state index contributed by atoms with van der Waals surface area (Å²) < 4.78 is 2.52. The Morgan fingerprint density at radius 2 is 2.03 bits per heavy atom. The lowest BCUT2D eigenvalue weighted by atomic mass is 9.58. The van der Waals surface area contributed by atoms with Gasteiger partial charge in [0.25, 0.3) is 11.8 Å². The zero-order chi connectivity index (χ0) is 21.5. The number of nitrogens with one attached hydrogen (secondary N) is 2. The number of nitrogens with zero attached hydrogens (tertiary/aromatic N) is 2. The first kappa shape index (κ1) is 20.4. The van der Waals surface area contributed by atoms with Crippen LogP contribution in [0.3, 0.4) is 0 Å². The molecule has 30 heavy (non-hydrogen) atoms. The second-order valence-electron chi connectivity index (χ2n) is 8.30. The van der Waals surface area contributed by atoms with Crippen LogP contribution in [0.1, 0.15) is 41.0 Å². The highest BCUT2D eigenvalue weighted by Crippen LogP contribution is 2.46. The van der Waals surface area contributed by atoms with Gasteiger partial charge in [0.05, 0.1) is 22.8 Å². The van der Waals surface area contributed by atoms with E-state index in [0.29, 0.717) is 23.4 Å². The van der Waals surface area contributed by atoms with Crippen LogP contribution in [0.15, 0.2) is 53.3 Å². The highest BCUT2D eigenvalue weighted by molar-refractivity contribution is 9.10. The normalized spacial score (nSPS) is 19.8. The van der Waals surface area contributed by atoms with Crippen molar-refractivity contribution in [1.29, 1.82) is 0 Å². The Morgan fingerprint density at radius 1 is 1.23 bits per heavy atom. The number of hydrogen-bond donors (Lipinski definition) is 3. The van der Waals surface area contributed by atoms with Crippen LogP contribution in [-0.4, -0.2) is 34.0 Å². The number of carbonyl (C=O) groups is 2. The molecule has 2 aromatic heterocycles. The molecule has 2 amide bonds. The molecule has 0 saturated heterocycles. The van der Waals surface area contributed by atoms with Crippen LogP contribution in [0.2, 0.25) is 0 Å². The Labute approximate surface area is 183 Å². The first-order chi connectivity index (χ1) is 14.3. The summed E-state index contributed by atoms with van der Waals surface area (Å²) in [7, 11) is 0. The Kier molecular flexibility index (Phi) is 5.27. The molecule has 2 atom stereocenters. The molecule has 3 aromatic rings. The van der Waals surface area contributed by atoms with Crippen LogP contribution < -0.4 is 16.4 Å². The number of anilines is 1. The van der Waals surface area contributed by atoms with Crippen molar-refractivity contribution in [2.45, 2.75) is 26.3 Å². The Morgan fingerprint density at radius 3 is 2.77 bits per heavy atom. The molecule has 4 N–H and O–H groups in total. The first-order valence-electron chi connectivity index (χ1n) is 9.84. The van der Waals surface area contributed by atoms with Crippen LogP contribution >= 0.6 is 15.9 Å². The maximum absolute atomic E-state index is 12.8. The molecule has 7 nitrogen and oxygen atoms in total. The van der Waals surface area contributed by atoms with E-state index in [2.05, 4.69) is 45.5 Å². The molecule has 2 heterocycles. The van der Waals surface area contributed by atoms with E-state index in [9.17, 15) is 9.59 Å². The lowest BCUT2D eigenvalue weighted by Gasteiger charge is -2.52. The Hall–Kier alpha value is -2.87. The van der Waals surface area contributed by atoms with E-state index in [4.69, 9.17) is 5.73 Å². The minimum absolute atomic E-state index is 0.0350. The Bertz CT molecular complexity index is 1120. The number of hydrogen-bond acceptors (Lipinski definition) is 4. The number of halogens is 1. The number of pyridine rings is 1. The topological polar surface area (TPSA) is 102 Å². The molecular weight excluding hydrogens is 446 g/mol. The van der Waals surface area contributed by atoms with E-state index in [0.717, 1.165) is 16.4 Å². The van der Waals surface area contributed by atoms with Gasteiger partial charge in [0.2, 0.25) is 0 Å². The maximum Gasteiger partial charge on any atom is 0.253 e. The van der Waals surface area contributed by atoms with E-state index in [-0.39, 0.29) is 29.2 Å². The smallest absolute Gasteiger partial charge is 0.253 e. The number of benzene rings is 1. The van der Waals surface area contributed by atoms with Gasteiger partial charge in [-0.1, -0.05) is 29.8 Å². The molecule has 0 bridgehead atoms. The lowest BCUT2D eigenvalue weighted by molar-refractivity contribution is 0.0150. The van der Waals surface area contributed by atoms with Gasteiger partial charge in [-0.15, -0.1) is 0 Å². The molecule has 1 aliphatic carbocycles. The molecular formula is C22H24BrN5O2. The van der Waals surface area contributed by atoms with Crippen molar-refractivity contribution in [2.75, 3.05) is 12.3 Å². The predicted octanol–water partition coefficient (Wildman–Crippen LogP) is 3.25. The van der Waals surface area contributed by atoms with Crippen LogP contribution in [0.4, 0.5) is 5.69 Å². The number of nitrogens with two attached hydrogens (primary N) is 1. The highest BCUT2D eigenvalue weighted by Gasteiger charge is 2.48. The van der Waals surface area contributed by atoms with Gasteiger partial charge in [-0.2, -0.15) is 5.10 Å². The number of amides is 2. The molecule has 1 saturated carbocycles. The lowest BCUT2D eigenvalue weighted by Crippen LogP contribution is -2.60. The molecule has 156 valence electrons. The average Bonchev–Trinajstić information content (AvgIpc) is 3.18. The summed E-state index contributed by atoms with van der Waals surface area (Å²) in [6.07, 6.45) is 4.30. The summed E-state index contributed by atoms with van der Waals surface area (Å²) >= 11 is 3.35. The largest absolute Gasteiger partial charge is 0.398 e. The van der Waals surface area contributed by atoms with Crippen molar-refractivity contribution in [3.05, 3.63) is 64.4 Å². The second-order valence-corrected chi connectivity index (χ2v) is 9.22. The van der Waals surface area contributed by atoms with Gasteiger partial charge in [0.1, 0.15) is 0 Å². The van der Waals surface area contributed by atoms with E-state index in [1.54, 1.807) is 35.0 Å². The van der Waals surface area contributed by atoms with Gasteiger partial charge < -0.3 is 16.4 Å². The van der Waals surface area contributed by atoms with Crippen molar-refractivity contribution in [1.82, 2.24) is 20.2 Å². The van der Waals surface area contributed by atoms with Crippen molar-refractivity contribution < 1.29 is 9.59 Å². The summed E-state index contributed by atoms with van der Waals surface area (Å²) in [6.45, 7) is 4.77. The van der Waals surface area contributed by atoms with Gasteiger partial charge in [0, 0.05) is 28.9 Å². The maximum atomic E-state index is 12.8. The third-order valence-electron chi connectivity index (χ3n) is 6.22. The fraction of sp³-hybridized carbons (Fsp3) is 0.318. The van der Waals surface area contributed by atoms with Gasteiger partial charge in [-0.25, -0.2) is 4.52 Å². The fourth-order valence-corrected chi connectivity index (χ4v) is 4.42. The monoisotopic (exact) mass is 469 g/mol. The fourth-order valence-electron chi connectivity index (χ4n) is 4.04. The number of nitrogen functional groups attached to an aromatic ring is 1. The number of aromatic nitrogens is 2. The minimum Gasteiger partial charge on any atom is -0.398 e. The average molecular weight is 470 g/mol. The molecule has 1 aromatic carbocycles.